The smallest absolute Gasteiger partial charge is 0.312 e. The number of anilines is 1. The molecule has 1 heterocycles. The van der Waals surface area contributed by atoms with Crippen molar-refractivity contribution in [3.8, 4) is 5.75 Å². The Balaban J connectivity index is 1.52. The second kappa shape index (κ2) is 8.73. The first-order valence-corrected chi connectivity index (χ1v) is 9.22. The van der Waals surface area contributed by atoms with E-state index < -0.39 is 11.8 Å². The predicted octanol–water partition coefficient (Wildman–Crippen LogP) is 2.36. The lowest BCUT2D eigenvalue weighted by molar-refractivity contribution is -0.146. The summed E-state index contributed by atoms with van der Waals surface area (Å²) in [5, 5.41) is 2.75. The van der Waals surface area contributed by atoms with Crippen LogP contribution in [-0.4, -0.2) is 50.0 Å². The normalized spacial score (nSPS) is 15.1. The van der Waals surface area contributed by atoms with E-state index in [0.29, 0.717) is 26.2 Å². The zero-order valence-corrected chi connectivity index (χ0v) is 16.0. The van der Waals surface area contributed by atoms with E-state index in [1.165, 1.54) is 12.1 Å². The molecule has 6 nitrogen and oxygen atoms in total. The Kier molecular flexibility index (Phi) is 6.13. The number of hydrogen-bond donors (Lipinski definition) is 1. The van der Waals surface area contributed by atoms with Crippen molar-refractivity contribution in [2.24, 2.45) is 0 Å². The molecule has 3 rings (SSSR count). The first-order valence-electron chi connectivity index (χ1n) is 9.22. The van der Waals surface area contributed by atoms with Crippen LogP contribution in [0.15, 0.2) is 48.5 Å². The molecule has 1 aliphatic heterocycles. The van der Waals surface area contributed by atoms with Gasteiger partial charge in [0, 0.05) is 31.9 Å². The molecule has 1 saturated heterocycles. The third-order valence-electron chi connectivity index (χ3n) is 4.92. The molecule has 1 unspecified atom stereocenters. The summed E-state index contributed by atoms with van der Waals surface area (Å²) in [6.45, 7) is 3.91. The Morgan fingerprint density at radius 1 is 1.00 bits per heavy atom. The van der Waals surface area contributed by atoms with Gasteiger partial charge in [-0.25, -0.2) is 4.39 Å². The van der Waals surface area contributed by atoms with Gasteiger partial charge in [-0.05, 0) is 48.9 Å². The molecule has 2 amide bonds. The van der Waals surface area contributed by atoms with Crippen molar-refractivity contribution >= 4 is 17.5 Å². The molecule has 0 aliphatic carbocycles. The van der Waals surface area contributed by atoms with E-state index in [4.69, 9.17) is 4.74 Å². The molecule has 1 atom stereocenters. The van der Waals surface area contributed by atoms with E-state index in [2.05, 4.69) is 10.2 Å². The number of nitrogens with zero attached hydrogens (tertiary/aromatic N) is 2. The number of amides is 2. The van der Waals surface area contributed by atoms with E-state index in [9.17, 15) is 14.0 Å². The predicted molar refractivity (Wildman–Crippen MR) is 105 cm³/mol. The van der Waals surface area contributed by atoms with Crippen molar-refractivity contribution in [2.45, 2.75) is 13.0 Å². The number of methoxy groups -OCH3 is 1. The highest BCUT2D eigenvalue weighted by molar-refractivity contribution is 6.35. The van der Waals surface area contributed by atoms with Crippen LogP contribution in [0.2, 0.25) is 0 Å². The molecule has 7 heteroatoms. The minimum atomic E-state index is -0.612. The molecular formula is C21H24FN3O3. The SMILES string of the molecule is COc1ccc(C(C)NC(=O)C(=O)N2CCN(c3ccc(F)cc3)CC2)cc1. The van der Waals surface area contributed by atoms with Crippen LogP contribution in [0.5, 0.6) is 5.75 Å². The van der Waals surface area contributed by atoms with Crippen molar-refractivity contribution in [2.75, 3.05) is 38.2 Å². The maximum Gasteiger partial charge on any atom is 0.312 e. The molecule has 0 aromatic heterocycles. The van der Waals surface area contributed by atoms with E-state index in [1.54, 1.807) is 24.1 Å². The first-order chi connectivity index (χ1) is 13.5. The Hall–Kier alpha value is -3.09. The number of halogens is 1. The lowest BCUT2D eigenvalue weighted by Gasteiger charge is -2.35. The number of ether oxygens (including phenoxy) is 1. The summed E-state index contributed by atoms with van der Waals surface area (Å²) < 4.78 is 18.2. The minimum absolute atomic E-state index is 0.278. The van der Waals surface area contributed by atoms with Crippen LogP contribution in [0.4, 0.5) is 10.1 Å². The average Bonchev–Trinajstić information content (AvgIpc) is 2.74. The summed E-state index contributed by atoms with van der Waals surface area (Å²) in [4.78, 5) is 28.5. The summed E-state index contributed by atoms with van der Waals surface area (Å²) in [5.74, 6) is -0.685. The number of benzene rings is 2. The maximum atomic E-state index is 13.1. The molecule has 2 aromatic carbocycles. The molecule has 0 bridgehead atoms. The highest BCUT2D eigenvalue weighted by atomic mass is 19.1. The topological polar surface area (TPSA) is 61.9 Å². The van der Waals surface area contributed by atoms with Crippen LogP contribution in [0.25, 0.3) is 0 Å². The molecule has 1 N–H and O–H groups in total. The van der Waals surface area contributed by atoms with Gasteiger partial charge in [0.15, 0.2) is 0 Å². The van der Waals surface area contributed by atoms with Gasteiger partial charge in [-0.15, -0.1) is 0 Å². The van der Waals surface area contributed by atoms with Gasteiger partial charge in [-0.3, -0.25) is 9.59 Å². The average molecular weight is 385 g/mol. The number of hydrogen-bond acceptors (Lipinski definition) is 4. The summed E-state index contributed by atoms with van der Waals surface area (Å²) in [6, 6.07) is 13.3. The van der Waals surface area contributed by atoms with Crippen molar-refractivity contribution in [3.63, 3.8) is 0 Å². The molecule has 2 aromatic rings. The van der Waals surface area contributed by atoms with Crippen molar-refractivity contribution in [1.29, 1.82) is 0 Å². The fraction of sp³-hybridized carbons (Fsp3) is 0.333. The molecule has 0 spiro atoms. The van der Waals surface area contributed by atoms with Crippen LogP contribution >= 0.6 is 0 Å². The molecule has 148 valence electrons. The second-order valence-corrected chi connectivity index (χ2v) is 6.72. The number of rotatable bonds is 4. The Morgan fingerprint density at radius 3 is 2.18 bits per heavy atom. The van der Waals surface area contributed by atoms with Crippen LogP contribution in [0.1, 0.15) is 18.5 Å². The summed E-state index contributed by atoms with van der Waals surface area (Å²) in [7, 11) is 1.59. The fourth-order valence-corrected chi connectivity index (χ4v) is 3.20. The number of piperazine rings is 1. The van der Waals surface area contributed by atoms with Crippen LogP contribution < -0.4 is 15.0 Å². The molecular weight excluding hydrogens is 361 g/mol. The van der Waals surface area contributed by atoms with Gasteiger partial charge in [0.2, 0.25) is 0 Å². The van der Waals surface area contributed by atoms with Gasteiger partial charge >= 0.3 is 11.8 Å². The second-order valence-electron chi connectivity index (χ2n) is 6.72. The van der Waals surface area contributed by atoms with E-state index >= 15 is 0 Å². The van der Waals surface area contributed by atoms with Gasteiger partial charge in [0.05, 0.1) is 13.2 Å². The zero-order valence-electron chi connectivity index (χ0n) is 16.0. The molecule has 0 radical (unpaired) electrons. The van der Waals surface area contributed by atoms with Gasteiger partial charge in [0.25, 0.3) is 0 Å². The first kappa shape index (κ1) is 19.7. The Morgan fingerprint density at radius 2 is 1.61 bits per heavy atom. The quantitative estimate of drug-likeness (QED) is 0.821. The standard InChI is InChI=1S/C21H24FN3O3/c1-15(16-3-9-19(28-2)10-4-16)23-20(26)21(27)25-13-11-24(12-14-25)18-7-5-17(22)6-8-18/h3-10,15H,11-14H2,1-2H3,(H,23,26). The van der Waals surface area contributed by atoms with Gasteiger partial charge < -0.3 is 19.9 Å². The van der Waals surface area contributed by atoms with Crippen LogP contribution in [-0.2, 0) is 9.59 Å². The van der Waals surface area contributed by atoms with E-state index in [0.717, 1.165) is 17.0 Å². The summed E-state index contributed by atoms with van der Waals surface area (Å²) in [5.41, 5.74) is 1.80. The van der Waals surface area contributed by atoms with Crippen LogP contribution in [0.3, 0.4) is 0 Å². The van der Waals surface area contributed by atoms with Gasteiger partial charge in [-0.1, -0.05) is 12.1 Å². The molecule has 1 aliphatic rings. The Labute approximate surface area is 163 Å². The van der Waals surface area contributed by atoms with Crippen molar-refractivity contribution < 1.29 is 18.7 Å². The maximum absolute atomic E-state index is 13.1. The van der Waals surface area contributed by atoms with Crippen molar-refractivity contribution in [1.82, 2.24) is 10.2 Å². The number of nitrogens with one attached hydrogen (secondary N) is 1. The highest BCUT2D eigenvalue weighted by Gasteiger charge is 2.27. The van der Waals surface area contributed by atoms with Crippen LogP contribution in [0, 0.1) is 5.82 Å². The molecule has 0 saturated carbocycles. The molecule has 28 heavy (non-hydrogen) atoms. The highest BCUT2D eigenvalue weighted by Crippen LogP contribution is 2.18. The largest absolute Gasteiger partial charge is 0.497 e. The Bertz CT molecular complexity index is 816. The third-order valence-corrected chi connectivity index (χ3v) is 4.92. The summed E-state index contributed by atoms with van der Waals surface area (Å²) in [6.07, 6.45) is 0. The number of carbonyl (C=O) groups is 2. The van der Waals surface area contributed by atoms with E-state index in [1.807, 2.05) is 31.2 Å². The lowest BCUT2D eigenvalue weighted by atomic mass is 10.1. The zero-order chi connectivity index (χ0) is 20.1. The number of carbonyl (C=O) groups excluding carboxylic acids is 2. The van der Waals surface area contributed by atoms with Gasteiger partial charge in [0.1, 0.15) is 11.6 Å². The summed E-state index contributed by atoms with van der Waals surface area (Å²) >= 11 is 0. The fourth-order valence-electron chi connectivity index (χ4n) is 3.20. The van der Waals surface area contributed by atoms with Crippen molar-refractivity contribution in [3.05, 3.63) is 59.9 Å². The molecule has 1 fully saturated rings. The third kappa shape index (κ3) is 4.60. The minimum Gasteiger partial charge on any atom is -0.497 e. The monoisotopic (exact) mass is 385 g/mol. The van der Waals surface area contributed by atoms with Gasteiger partial charge in [-0.2, -0.15) is 0 Å². The van der Waals surface area contributed by atoms with E-state index in [-0.39, 0.29) is 11.9 Å². The lowest BCUT2D eigenvalue weighted by Crippen LogP contribution is -2.52.